The molecule has 2 fully saturated rings. The van der Waals surface area contributed by atoms with Crippen molar-refractivity contribution in [1.82, 2.24) is 0 Å². The van der Waals surface area contributed by atoms with E-state index in [1.807, 2.05) is 6.92 Å². The van der Waals surface area contributed by atoms with Crippen LogP contribution in [0.2, 0.25) is 10.0 Å². The minimum atomic E-state index is -1.45. The van der Waals surface area contributed by atoms with Crippen molar-refractivity contribution in [1.29, 1.82) is 10.5 Å². The van der Waals surface area contributed by atoms with Crippen LogP contribution in [0.25, 0.3) is 0 Å². The van der Waals surface area contributed by atoms with Crippen molar-refractivity contribution < 1.29 is 14.5 Å². The molecule has 2 aliphatic heterocycles. The van der Waals surface area contributed by atoms with E-state index < -0.39 is 22.7 Å². The minimum absolute atomic E-state index is 0.164. The smallest absolute Gasteiger partial charge is 0.311 e. The molecule has 0 amide bonds. The van der Waals surface area contributed by atoms with Crippen molar-refractivity contribution >= 4 is 29.0 Å². The predicted molar refractivity (Wildman–Crippen MR) is 84.7 cm³/mol. The number of nitriles is 2. The summed E-state index contributed by atoms with van der Waals surface area (Å²) in [5.41, 5.74) is 4.17. The van der Waals surface area contributed by atoms with Gasteiger partial charge in [0.25, 0.3) is 5.84 Å². The third-order valence-corrected chi connectivity index (χ3v) is 5.72. The summed E-state index contributed by atoms with van der Waals surface area (Å²) in [6, 6.07) is 9.43. The number of hydrogen-bond acceptors (Lipinski definition) is 5. The van der Waals surface area contributed by atoms with Gasteiger partial charge in [-0.3, -0.25) is 5.73 Å². The Hall–Kier alpha value is -1.83. The molecule has 1 saturated carbocycles. The number of nitrogens with zero attached hydrogens (tertiary/aromatic N) is 2. The number of rotatable bonds is 1. The Labute approximate surface area is 148 Å². The summed E-state index contributed by atoms with van der Waals surface area (Å²) in [5, 5.41) is 20.8. The number of hydrogen-bond donors (Lipinski definition) is 2. The summed E-state index contributed by atoms with van der Waals surface area (Å²) in [4.78, 5) is 2.91. The van der Waals surface area contributed by atoms with E-state index in [0.29, 0.717) is 22.2 Å². The van der Waals surface area contributed by atoms with Gasteiger partial charge in [-0.1, -0.05) is 29.3 Å². The Morgan fingerprint density at radius 1 is 1.33 bits per heavy atom. The number of benzene rings is 1. The maximum Gasteiger partial charge on any atom is 0.343 e. The molecule has 8 heteroatoms. The van der Waals surface area contributed by atoms with Crippen molar-refractivity contribution in [3.63, 3.8) is 0 Å². The van der Waals surface area contributed by atoms with E-state index in [2.05, 4.69) is 17.1 Å². The van der Waals surface area contributed by atoms with Crippen LogP contribution in [0.15, 0.2) is 18.2 Å². The molecule has 0 bridgehead atoms. The zero-order valence-corrected chi connectivity index (χ0v) is 14.1. The van der Waals surface area contributed by atoms with E-state index in [0.717, 1.165) is 0 Å². The fraction of sp³-hybridized carbons (Fsp3) is 0.438. The van der Waals surface area contributed by atoms with Gasteiger partial charge in [-0.15, -0.1) is 0 Å². The number of ether oxygens (including phenoxy) is 2. The van der Waals surface area contributed by atoms with Gasteiger partial charge in [0, 0.05) is 16.0 Å². The average Bonchev–Trinajstić information content (AvgIpc) is 2.90. The minimum Gasteiger partial charge on any atom is -0.311 e. The second kappa shape index (κ2) is 4.62. The second-order valence-corrected chi connectivity index (χ2v) is 7.18. The van der Waals surface area contributed by atoms with Crippen LogP contribution in [-0.4, -0.2) is 24.5 Å². The van der Waals surface area contributed by atoms with Crippen molar-refractivity contribution in [3.05, 3.63) is 33.8 Å². The van der Waals surface area contributed by atoms with Gasteiger partial charge in [-0.2, -0.15) is 10.5 Å². The Bertz CT molecular complexity index is 876. The summed E-state index contributed by atoms with van der Waals surface area (Å²) in [7, 11) is 0. The summed E-state index contributed by atoms with van der Waals surface area (Å²) in [6.07, 6.45) is -0.230. The lowest BCUT2D eigenvalue weighted by Crippen LogP contribution is -2.90. The van der Waals surface area contributed by atoms with Gasteiger partial charge in [-0.25, -0.2) is 4.99 Å². The number of halogens is 2. The fourth-order valence-corrected chi connectivity index (χ4v) is 4.68. The summed E-state index contributed by atoms with van der Waals surface area (Å²) < 4.78 is 11.7. The third kappa shape index (κ3) is 1.46. The molecule has 6 nitrogen and oxygen atoms in total. The van der Waals surface area contributed by atoms with Crippen LogP contribution in [0.4, 0.5) is 0 Å². The molecule has 0 unspecified atom stereocenters. The normalized spacial score (nSPS) is 42.3. The summed E-state index contributed by atoms with van der Waals surface area (Å²) in [5.74, 6) is -1.86. The molecule has 5 atom stereocenters. The first-order valence-corrected chi connectivity index (χ1v) is 8.14. The molecule has 24 heavy (non-hydrogen) atoms. The fourth-order valence-electron chi connectivity index (χ4n) is 4.17. The number of nitrogens with two attached hydrogens (primary N) is 1. The first-order chi connectivity index (χ1) is 11.4. The highest BCUT2D eigenvalue weighted by atomic mass is 35.5. The molecule has 0 aromatic heterocycles. The van der Waals surface area contributed by atoms with Gasteiger partial charge in [0.15, 0.2) is 10.8 Å². The summed E-state index contributed by atoms with van der Waals surface area (Å²) in [6.45, 7) is 2.13. The average molecular weight is 364 g/mol. The standard InChI is InChI=1S/C16H12Cl2N4O2/c1-8-5-23-16(24-8)15(7-20)12(14(15,6-19)13(21)22-16)10-3-2-9(17)4-11(10)18/h2-4,8,12H,5H2,1H3,(H2,21,22)/p+1/t8-,12-,14-,15-,16-/m1/s1. The lowest BCUT2D eigenvalue weighted by molar-refractivity contribution is -0.677. The summed E-state index contributed by atoms with van der Waals surface area (Å²) >= 11 is 12.3. The predicted octanol–water partition coefficient (Wildman–Crippen LogP) is 0.651. The molecule has 122 valence electrons. The highest BCUT2D eigenvalue weighted by Crippen LogP contribution is 2.79. The topological polar surface area (TPSA) is 106 Å². The lowest BCUT2D eigenvalue weighted by Gasteiger charge is -2.24. The van der Waals surface area contributed by atoms with Crippen LogP contribution in [0, 0.1) is 33.5 Å². The second-order valence-electron chi connectivity index (χ2n) is 6.33. The van der Waals surface area contributed by atoms with Crippen LogP contribution in [0.5, 0.6) is 0 Å². The Balaban J connectivity index is 1.94. The zero-order chi connectivity index (χ0) is 17.3. The number of nitrogens with one attached hydrogen (secondary N) is 1. The SMILES string of the molecule is C[C@@H]1CO[C@@]2([NH+]=C(N)[C@@]3(C#N)[C@@H](c4ccc(Cl)cc4Cl)[C@@]23C#N)O1. The molecule has 2 heterocycles. The van der Waals surface area contributed by atoms with Crippen LogP contribution in [-0.2, 0) is 9.47 Å². The third-order valence-electron chi connectivity index (χ3n) is 5.16. The van der Waals surface area contributed by atoms with Crippen LogP contribution < -0.4 is 10.7 Å². The van der Waals surface area contributed by atoms with Crippen LogP contribution >= 0.6 is 23.2 Å². The van der Waals surface area contributed by atoms with Crippen LogP contribution in [0.1, 0.15) is 18.4 Å². The quantitative estimate of drug-likeness (QED) is 0.761. The number of amidine groups is 1. The van der Waals surface area contributed by atoms with E-state index >= 15 is 0 Å². The molecular formula is C16H13Cl2N4O2+. The van der Waals surface area contributed by atoms with Gasteiger partial charge >= 0.3 is 5.91 Å². The molecule has 1 aromatic rings. The molecule has 4 rings (SSSR count). The molecular weight excluding hydrogens is 351 g/mol. The molecule has 1 aliphatic carbocycles. The van der Waals surface area contributed by atoms with Crippen LogP contribution in [0.3, 0.4) is 0 Å². The van der Waals surface area contributed by atoms with Crippen molar-refractivity contribution in [2.24, 2.45) is 16.6 Å². The monoisotopic (exact) mass is 363 g/mol. The van der Waals surface area contributed by atoms with Gasteiger partial charge in [0.2, 0.25) is 0 Å². The molecule has 3 aliphatic rings. The maximum absolute atomic E-state index is 10.0. The largest absolute Gasteiger partial charge is 0.343 e. The Morgan fingerprint density at radius 2 is 2.08 bits per heavy atom. The molecule has 3 N–H and O–H groups in total. The van der Waals surface area contributed by atoms with Crippen molar-refractivity contribution in [2.45, 2.75) is 24.9 Å². The zero-order valence-electron chi connectivity index (χ0n) is 12.6. The molecule has 0 radical (unpaired) electrons. The van der Waals surface area contributed by atoms with E-state index in [1.54, 1.807) is 18.2 Å². The molecule has 1 saturated heterocycles. The number of fused-ring (bicyclic) bond motifs is 2. The maximum atomic E-state index is 10.0. The Morgan fingerprint density at radius 3 is 2.62 bits per heavy atom. The Kier molecular flexibility index (Phi) is 3.02. The first kappa shape index (κ1) is 15.7. The van der Waals surface area contributed by atoms with Crippen molar-refractivity contribution in [2.75, 3.05) is 6.61 Å². The lowest BCUT2D eigenvalue weighted by atomic mass is 9.94. The van der Waals surface area contributed by atoms with Gasteiger partial charge in [0.1, 0.15) is 0 Å². The van der Waals surface area contributed by atoms with Gasteiger partial charge < -0.3 is 9.47 Å². The first-order valence-electron chi connectivity index (χ1n) is 7.39. The van der Waals surface area contributed by atoms with E-state index in [4.69, 9.17) is 38.4 Å². The van der Waals surface area contributed by atoms with Crippen molar-refractivity contribution in [3.8, 4) is 12.1 Å². The highest BCUT2D eigenvalue weighted by Gasteiger charge is 2.98. The molecule has 1 aromatic carbocycles. The van der Waals surface area contributed by atoms with E-state index in [1.165, 1.54) is 0 Å². The molecule has 1 spiro atoms. The van der Waals surface area contributed by atoms with Gasteiger partial charge in [0.05, 0.1) is 24.8 Å². The highest BCUT2D eigenvalue weighted by molar-refractivity contribution is 6.35. The van der Waals surface area contributed by atoms with Gasteiger partial charge in [-0.05, 0) is 24.6 Å². The van der Waals surface area contributed by atoms with E-state index in [9.17, 15) is 10.5 Å². The van der Waals surface area contributed by atoms with E-state index in [-0.39, 0.29) is 11.9 Å².